The van der Waals surface area contributed by atoms with Crippen LogP contribution < -0.4 is 9.44 Å². The first-order valence-corrected chi connectivity index (χ1v) is 28.0. The number of hydrogen-bond acceptors (Lipinski definition) is 5. The molecule has 1 heterocycles. The molecule has 0 unspecified atom stereocenters. The summed E-state index contributed by atoms with van der Waals surface area (Å²) >= 11 is 0. The molecule has 0 aliphatic heterocycles. The predicted molar refractivity (Wildman–Crippen MR) is 227 cm³/mol. The summed E-state index contributed by atoms with van der Waals surface area (Å²) in [5.74, 6) is -292. The number of fused-ring (bicyclic) bond motifs is 1. The van der Waals surface area contributed by atoms with Crippen molar-refractivity contribution in [2.45, 2.75) is 189 Å². The van der Waals surface area contributed by atoms with E-state index in [0.29, 0.717) is 0 Å². The standard InChI is InChI=1S/C41H7F66N3O4S2/c42-10(43,14(50,51)18(58,59)22(66,67)26(74,75)30(82,83)34(90,91)38(98,99)100)12(46,47)16(54,55)20(62,63)24(70,71)28(78,79)32(86,87)36(94,95)40(104,105)115(111,112)109-8-5-108-9(7-4-2-1-3-6(7)8)110-116(113,114)41(106,107)37(96,97)33(88,89)29(80,81)25(72,73)21(64,65)17(56,57)13(48,49)11(44,45)15(52,53)19(60,61)23(68,69)27(76,77)31(84,85)35(92,93)39(101,102)103/h1-5,109H,(H,108,110). The number of alkyl halides is 66. The van der Waals surface area contributed by atoms with Crippen LogP contribution in [0.1, 0.15) is 0 Å². The smallest absolute Gasteiger partial charge is 0.276 e. The molecular weight excluding hydrogens is 1920 g/mol. The lowest BCUT2D eigenvalue weighted by atomic mass is 9.83. The maximum atomic E-state index is 15.1. The van der Waals surface area contributed by atoms with Crippen molar-refractivity contribution in [1.82, 2.24) is 4.98 Å². The second kappa shape index (κ2) is 26.5. The number of nitrogens with one attached hydrogen (secondary N) is 2. The number of anilines is 2. The van der Waals surface area contributed by atoms with Gasteiger partial charge in [0.05, 0.1) is 11.9 Å². The van der Waals surface area contributed by atoms with Gasteiger partial charge in [0.25, 0.3) is 0 Å². The van der Waals surface area contributed by atoms with Gasteiger partial charge < -0.3 is 0 Å². The summed E-state index contributed by atoms with van der Waals surface area (Å²) in [5.41, 5.74) is -2.90. The summed E-state index contributed by atoms with van der Waals surface area (Å²) in [6.07, 6.45) is -18.8. The minimum atomic E-state index is -10.7. The third-order valence-corrected chi connectivity index (χ3v) is 17.5. The molecule has 7 nitrogen and oxygen atoms in total. The average molecular weight is 1920 g/mol. The normalized spacial score (nSPS) is 17.0. The average Bonchev–Trinajstić information content (AvgIpc) is 0.678. The Balaban J connectivity index is 2.88. The highest BCUT2D eigenvalue weighted by molar-refractivity contribution is 7.94. The van der Waals surface area contributed by atoms with Gasteiger partial charge >= 0.3 is 209 Å². The molecule has 1 aromatic heterocycles. The van der Waals surface area contributed by atoms with Crippen molar-refractivity contribution in [3.05, 3.63) is 30.5 Å². The zero-order valence-electron chi connectivity index (χ0n) is 49.7. The van der Waals surface area contributed by atoms with Crippen molar-refractivity contribution < 1.29 is 307 Å². The summed E-state index contributed by atoms with van der Waals surface area (Å²) in [4.78, 5) is 1.97. The third kappa shape index (κ3) is 12.3. The van der Waals surface area contributed by atoms with Crippen LogP contribution in [-0.4, -0.2) is 211 Å². The number of rotatable bonds is 34. The molecule has 116 heavy (non-hydrogen) atoms. The Kier molecular flexibility index (Phi) is 24.1. The third-order valence-electron chi connectivity index (χ3n) is 14.6. The maximum Gasteiger partial charge on any atom is 0.460 e. The lowest BCUT2D eigenvalue weighted by Crippen LogP contribution is -2.80. The number of aromatic nitrogens is 1. The quantitative estimate of drug-likeness (QED) is 0.0679. The topological polar surface area (TPSA) is 105 Å². The Morgan fingerprint density at radius 1 is 0.190 bits per heavy atom. The van der Waals surface area contributed by atoms with E-state index >= 15 is 17.6 Å². The van der Waals surface area contributed by atoms with Crippen LogP contribution in [0.25, 0.3) is 10.8 Å². The van der Waals surface area contributed by atoms with E-state index in [1.165, 1.54) is 0 Å². The highest BCUT2D eigenvalue weighted by Gasteiger charge is 3.05. The van der Waals surface area contributed by atoms with Crippen molar-refractivity contribution in [2.75, 3.05) is 9.44 Å². The molecule has 2 N–H and O–H groups in total. The molecular formula is C41H7F66N3O4S2. The van der Waals surface area contributed by atoms with Crippen LogP contribution >= 0.6 is 0 Å². The molecule has 0 bridgehead atoms. The van der Waals surface area contributed by atoms with E-state index in [-0.39, 0.29) is 12.1 Å². The Bertz CT molecular complexity index is 3950. The minimum absolute atomic E-state index is 0.157. The first kappa shape index (κ1) is 106. The molecule has 0 radical (unpaired) electrons. The fraction of sp³-hybridized carbons (Fsp3) is 0.780. The van der Waals surface area contributed by atoms with E-state index in [1.54, 1.807) is 0 Å². The van der Waals surface area contributed by atoms with Crippen LogP contribution in [-0.2, 0) is 20.0 Å². The zero-order chi connectivity index (χ0) is 95.0. The molecule has 0 fully saturated rings. The number of halogens is 66. The number of sulfonamides is 2. The summed E-state index contributed by atoms with van der Waals surface area (Å²) in [5, 5.41) is -23.2. The van der Waals surface area contributed by atoms with Crippen LogP contribution in [0.5, 0.6) is 0 Å². The summed E-state index contributed by atoms with van der Waals surface area (Å²) < 4.78 is 977. The van der Waals surface area contributed by atoms with Gasteiger partial charge in [-0.1, -0.05) is 24.3 Å². The molecule has 684 valence electrons. The van der Waals surface area contributed by atoms with Gasteiger partial charge in [-0.25, -0.2) is 4.98 Å². The van der Waals surface area contributed by atoms with E-state index in [1.807, 2.05) is 4.98 Å². The van der Waals surface area contributed by atoms with Crippen molar-refractivity contribution in [3.63, 3.8) is 0 Å². The SMILES string of the molecule is O=S(=O)(Nc1cnc(NS(=O)(=O)C(F)(F)C(F)(F)C(F)(F)C(F)(F)C(F)(F)C(F)(F)C(F)(F)C(F)(F)C(F)(F)C(F)(F)C(F)(F)C(F)(F)C(F)(F)C(F)(F)C(F)(F)C(F)(F)F)c2ccccc12)C(F)(F)C(F)(F)C(F)(F)C(F)(F)C(F)(F)C(F)(F)C(F)(F)C(F)(F)C(F)(F)C(F)(F)C(F)(F)C(F)(F)C(F)(F)C(F)(F)C(F)(F)C(F)(F)F. The van der Waals surface area contributed by atoms with Gasteiger partial charge in [-0.15, -0.1) is 0 Å². The number of hydrogen-bond donors (Lipinski definition) is 2. The number of benzene rings is 1. The Hall–Kier alpha value is -6.49. The van der Waals surface area contributed by atoms with E-state index in [9.17, 15) is 289 Å². The van der Waals surface area contributed by atoms with Crippen LogP contribution in [0.4, 0.5) is 301 Å². The molecule has 1 aromatic carbocycles. The van der Waals surface area contributed by atoms with Crippen LogP contribution in [0.15, 0.2) is 30.5 Å². The lowest BCUT2D eigenvalue weighted by Gasteiger charge is -2.46. The van der Waals surface area contributed by atoms with Crippen molar-refractivity contribution in [2.24, 2.45) is 0 Å². The van der Waals surface area contributed by atoms with Gasteiger partial charge in [0.2, 0.25) is 0 Å². The molecule has 0 aliphatic rings. The summed E-state index contributed by atoms with van der Waals surface area (Å²) in [6.45, 7) is 0. The van der Waals surface area contributed by atoms with Gasteiger partial charge in [-0.3, -0.25) is 9.44 Å². The Morgan fingerprint density at radius 3 is 0.491 bits per heavy atom. The minimum Gasteiger partial charge on any atom is -0.276 e. The Morgan fingerprint density at radius 2 is 0.328 bits per heavy atom. The number of pyridine rings is 1. The fourth-order valence-electron chi connectivity index (χ4n) is 7.55. The molecule has 0 saturated heterocycles. The molecule has 75 heteroatoms. The van der Waals surface area contributed by atoms with Crippen LogP contribution in [0, 0.1) is 0 Å². The van der Waals surface area contributed by atoms with E-state index in [2.05, 4.69) is 0 Å². The van der Waals surface area contributed by atoms with Crippen LogP contribution in [0.3, 0.4) is 0 Å². The molecule has 0 saturated carbocycles. The monoisotopic (exact) mass is 1920 g/mol. The largest absolute Gasteiger partial charge is 0.460 e. The fourth-order valence-corrected chi connectivity index (χ4v) is 9.60. The van der Waals surface area contributed by atoms with Gasteiger partial charge in [-0.2, -0.15) is 307 Å². The molecule has 0 atom stereocenters. The van der Waals surface area contributed by atoms with Gasteiger partial charge in [0.15, 0.2) is 0 Å². The summed E-state index contributed by atoms with van der Waals surface area (Å²) in [7, 11) is -18.4. The maximum absolute atomic E-state index is 15.1. The second-order valence-corrected chi connectivity index (χ2v) is 25.3. The van der Waals surface area contributed by atoms with E-state index in [0.717, 1.165) is 0 Å². The van der Waals surface area contributed by atoms with E-state index < -0.39 is 259 Å². The molecule has 2 aromatic rings. The summed E-state index contributed by atoms with van der Waals surface area (Å²) in [6, 6.07) is -1.47. The molecule has 0 spiro atoms. The molecule has 2 rings (SSSR count). The van der Waals surface area contributed by atoms with Crippen molar-refractivity contribution >= 4 is 42.3 Å². The second-order valence-electron chi connectivity index (χ2n) is 21.9. The highest BCUT2D eigenvalue weighted by atomic mass is 32.2. The van der Waals surface area contributed by atoms with Gasteiger partial charge in [0, 0.05) is 10.8 Å². The predicted octanol–water partition coefficient (Wildman–Crippen LogP) is 21.8. The highest BCUT2D eigenvalue weighted by Crippen LogP contribution is 2.74. The number of nitrogens with zero attached hydrogens (tertiary/aromatic N) is 1. The van der Waals surface area contributed by atoms with Crippen LogP contribution in [0.2, 0.25) is 0 Å². The zero-order valence-corrected chi connectivity index (χ0v) is 51.4. The first-order chi connectivity index (χ1) is 49.2. The molecule has 0 amide bonds. The van der Waals surface area contributed by atoms with Gasteiger partial charge in [-0.05, 0) is 0 Å². The van der Waals surface area contributed by atoms with E-state index in [4.69, 9.17) is 0 Å². The van der Waals surface area contributed by atoms with Crippen molar-refractivity contribution in [1.29, 1.82) is 0 Å². The van der Waals surface area contributed by atoms with Crippen molar-refractivity contribution in [3.8, 4) is 0 Å². The lowest BCUT2D eigenvalue weighted by molar-refractivity contribution is -0.490. The van der Waals surface area contributed by atoms with Gasteiger partial charge in [0.1, 0.15) is 5.82 Å². The Labute approximate surface area is 583 Å². The first-order valence-electron chi connectivity index (χ1n) is 25.1. The molecule has 0 aliphatic carbocycles.